The minimum atomic E-state index is -5.01. The Balaban J connectivity index is 1.88. The van der Waals surface area contributed by atoms with Gasteiger partial charge in [-0.2, -0.15) is 13.2 Å². The molecule has 2 aromatic carbocycles. The number of hydrogen-bond donors (Lipinski definition) is 1. The lowest BCUT2D eigenvalue weighted by Gasteiger charge is -2.08. The minimum Gasteiger partial charge on any atom is -0.497 e. The van der Waals surface area contributed by atoms with E-state index >= 15 is 0 Å². The SMILES string of the molecule is COc1cc(OC)cc(C2=N/C(=C\c3cccc(NC(=O)C(F)(F)F)c3)C(=O)O2)c1. The second kappa shape index (κ2) is 8.27. The van der Waals surface area contributed by atoms with Gasteiger partial charge in [0.05, 0.1) is 14.2 Å². The number of aliphatic imine (C=N–C) groups is 1. The van der Waals surface area contributed by atoms with E-state index in [2.05, 4.69) is 4.99 Å². The summed E-state index contributed by atoms with van der Waals surface area (Å²) in [4.78, 5) is 27.4. The molecular formula is C20H15F3N2O5. The molecule has 0 unspecified atom stereocenters. The number of rotatable bonds is 5. The van der Waals surface area contributed by atoms with Gasteiger partial charge >= 0.3 is 18.1 Å². The van der Waals surface area contributed by atoms with E-state index in [9.17, 15) is 22.8 Å². The molecule has 0 atom stereocenters. The number of esters is 1. The molecule has 1 N–H and O–H groups in total. The van der Waals surface area contributed by atoms with Crippen LogP contribution in [0.25, 0.3) is 6.08 Å². The minimum absolute atomic E-state index is 0.0185. The maximum atomic E-state index is 12.4. The third kappa shape index (κ3) is 4.77. The molecule has 30 heavy (non-hydrogen) atoms. The molecule has 0 radical (unpaired) electrons. The zero-order valence-corrected chi connectivity index (χ0v) is 15.7. The highest BCUT2D eigenvalue weighted by molar-refractivity contribution is 6.13. The van der Waals surface area contributed by atoms with Gasteiger partial charge in [-0.1, -0.05) is 12.1 Å². The molecular weight excluding hydrogens is 405 g/mol. The lowest BCUT2D eigenvalue weighted by molar-refractivity contribution is -0.167. The van der Waals surface area contributed by atoms with Crippen molar-refractivity contribution in [1.82, 2.24) is 0 Å². The lowest BCUT2D eigenvalue weighted by Crippen LogP contribution is -2.29. The molecule has 0 saturated carbocycles. The standard InChI is InChI=1S/C20H15F3N2O5/c1-28-14-8-12(9-15(10-14)29-2)17-25-16(18(26)30-17)7-11-4-3-5-13(6-11)24-19(27)20(21,22)23/h3-10H,1-2H3,(H,24,27)/b16-7-. The first-order valence-corrected chi connectivity index (χ1v) is 8.44. The predicted octanol–water partition coefficient (Wildman–Crippen LogP) is 3.55. The molecule has 2 aromatic rings. The largest absolute Gasteiger partial charge is 0.497 e. The van der Waals surface area contributed by atoms with Gasteiger partial charge in [-0.05, 0) is 35.9 Å². The summed E-state index contributed by atoms with van der Waals surface area (Å²) < 4.78 is 52.7. The average molecular weight is 420 g/mol. The van der Waals surface area contributed by atoms with Crippen LogP contribution in [0.5, 0.6) is 11.5 Å². The Kier molecular flexibility index (Phi) is 5.77. The van der Waals surface area contributed by atoms with Crippen molar-refractivity contribution in [3.05, 3.63) is 59.3 Å². The molecule has 7 nitrogen and oxygen atoms in total. The van der Waals surface area contributed by atoms with Crippen molar-refractivity contribution in [3.63, 3.8) is 0 Å². The summed E-state index contributed by atoms with van der Waals surface area (Å²) in [6.07, 6.45) is -3.68. The van der Waals surface area contributed by atoms with E-state index in [-0.39, 0.29) is 17.3 Å². The number of carbonyl (C=O) groups excluding carboxylic acids is 2. The zero-order valence-electron chi connectivity index (χ0n) is 15.7. The number of alkyl halides is 3. The molecule has 1 heterocycles. The number of methoxy groups -OCH3 is 2. The van der Waals surface area contributed by atoms with Crippen LogP contribution in [0.2, 0.25) is 0 Å². The number of anilines is 1. The normalized spacial score (nSPS) is 14.9. The van der Waals surface area contributed by atoms with Gasteiger partial charge in [-0.25, -0.2) is 9.79 Å². The van der Waals surface area contributed by atoms with Crippen LogP contribution >= 0.6 is 0 Å². The van der Waals surface area contributed by atoms with Crippen molar-refractivity contribution >= 4 is 29.5 Å². The van der Waals surface area contributed by atoms with Crippen LogP contribution in [0, 0.1) is 0 Å². The van der Waals surface area contributed by atoms with Crippen molar-refractivity contribution in [2.45, 2.75) is 6.18 Å². The summed E-state index contributed by atoms with van der Waals surface area (Å²) in [5.74, 6) is -1.89. The van der Waals surface area contributed by atoms with Crippen LogP contribution in [-0.4, -0.2) is 38.2 Å². The van der Waals surface area contributed by atoms with E-state index in [1.165, 1.54) is 44.6 Å². The summed E-state index contributed by atoms with van der Waals surface area (Å²) in [7, 11) is 2.94. The molecule has 0 aromatic heterocycles. The second-order valence-corrected chi connectivity index (χ2v) is 6.01. The first kappa shape index (κ1) is 20.9. The van der Waals surface area contributed by atoms with Gasteiger partial charge in [0.15, 0.2) is 5.70 Å². The predicted molar refractivity (Wildman–Crippen MR) is 101 cm³/mol. The topological polar surface area (TPSA) is 86.2 Å². The van der Waals surface area contributed by atoms with Crippen LogP contribution in [0.4, 0.5) is 18.9 Å². The summed E-state index contributed by atoms with van der Waals surface area (Å²) in [6, 6.07) is 10.4. The van der Waals surface area contributed by atoms with E-state index in [1.54, 1.807) is 23.5 Å². The fraction of sp³-hybridized carbons (Fsp3) is 0.150. The highest BCUT2D eigenvalue weighted by Crippen LogP contribution is 2.27. The quantitative estimate of drug-likeness (QED) is 0.591. The van der Waals surface area contributed by atoms with Gasteiger partial charge in [0.1, 0.15) is 11.5 Å². The third-order valence-corrected chi connectivity index (χ3v) is 3.92. The van der Waals surface area contributed by atoms with Crippen molar-refractivity contribution < 1.29 is 37.0 Å². The van der Waals surface area contributed by atoms with Crippen LogP contribution in [-0.2, 0) is 14.3 Å². The van der Waals surface area contributed by atoms with Crippen molar-refractivity contribution in [3.8, 4) is 11.5 Å². The Bertz CT molecular complexity index is 1040. The Morgan fingerprint density at radius 3 is 2.37 bits per heavy atom. The van der Waals surface area contributed by atoms with Crippen molar-refractivity contribution in [1.29, 1.82) is 0 Å². The van der Waals surface area contributed by atoms with Gasteiger partial charge in [-0.15, -0.1) is 0 Å². The van der Waals surface area contributed by atoms with Gasteiger partial charge in [0, 0.05) is 17.3 Å². The van der Waals surface area contributed by atoms with Crippen LogP contribution in [0.3, 0.4) is 0 Å². The molecule has 0 saturated heterocycles. The number of amides is 1. The molecule has 10 heteroatoms. The molecule has 0 bridgehead atoms. The molecule has 0 aliphatic carbocycles. The number of nitrogens with zero attached hydrogens (tertiary/aromatic N) is 1. The maximum absolute atomic E-state index is 12.4. The number of carbonyl (C=O) groups is 2. The maximum Gasteiger partial charge on any atom is 0.471 e. The van der Waals surface area contributed by atoms with Gasteiger partial charge in [0.2, 0.25) is 5.90 Å². The number of nitrogens with one attached hydrogen (secondary N) is 1. The summed E-state index contributed by atoms with van der Waals surface area (Å²) >= 11 is 0. The molecule has 0 spiro atoms. The first-order valence-electron chi connectivity index (χ1n) is 8.44. The molecule has 3 rings (SSSR count). The smallest absolute Gasteiger partial charge is 0.471 e. The molecule has 1 amide bonds. The Hall–Kier alpha value is -3.82. The average Bonchev–Trinajstić information content (AvgIpc) is 3.07. The van der Waals surface area contributed by atoms with Crippen LogP contribution in [0.1, 0.15) is 11.1 Å². The summed E-state index contributed by atoms with van der Waals surface area (Å²) in [5.41, 5.74) is 0.634. The van der Waals surface area contributed by atoms with Crippen LogP contribution in [0.15, 0.2) is 53.2 Å². The van der Waals surface area contributed by atoms with E-state index in [4.69, 9.17) is 14.2 Å². The Labute approximate surface area is 168 Å². The fourth-order valence-electron chi connectivity index (χ4n) is 2.53. The summed E-state index contributed by atoms with van der Waals surface area (Å²) in [6.45, 7) is 0. The molecule has 156 valence electrons. The van der Waals surface area contributed by atoms with E-state index in [1.807, 2.05) is 0 Å². The van der Waals surface area contributed by atoms with Crippen molar-refractivity contribution in [2.24, 2.45) is 4.99 Å². The van der Waals surface area contributed by atoms with Gasteiger partial charge in [-0.3, -0.25) is 4.79 Å². The number of ether oxygens (including phenoxy) is 3. The fourth-order valence-corrected chi connectivity index (χ4v) is 2.53. The first-order chi connectivity index (χ1) is 14.2. The number of cyclic esters (lactones) is 1. The summed E-state index contributed by atoms with van der Waals surface area (Å²) in [5, 5.41) is 1.75. The molecule has 1 aliphatic heterocycles. The number of hydrogen-bond acceptors (Lipinski definition) is 6. The Morgan fingerprint density at radius 2 is 1.77 bits per heavy atom. The second-order valence-electron chi connectivity index (χ2n) is 6.01. The zero-order chi connectivity index (χ0) is 21.9. The van der Waals surface area contributed by atoms with Crippen LogP contribution < -0.4 is 14.8 Å². The molecule has 0 fully saturated rings. The van der Waals surface area contributed by atoms with E-state index in [0.717, 1.165) is 0 Å². The highest BCUT2D eigenvalue weighted by atomic mass is 19.4. The highest BCUT2D eigenvalue weighted by Gasteiger charge is 2.38. The van der Waals surface area contributed by atoms with Gasteiger partial charge < -0.3 is 19.5 Å². The molecule has 1 aliphatic rings. The number of benzene rings is 2. The third-order valence-electron chi connectivity index (χ3n) is 3.92. The van der Waals surface area contributed by atoms with Crippen molar-refractivity contribution in [2.75, 3.05) is 19.5 Å². The van der Waals surface area contributed by atoms with E-state index < -0.39 is 18.1 Å². The van der Waals surface area contributed by atoms with E-state index in [0.29, 0.717) is 22.6 Å². The van der Waals surface area contributed by atoms with Gasteiger partial charge in [0.25, 0.3) is 0 Å². The lowest BCUT2D eigenvalue weighted by atomic mass is 10.1. The number of halogens is 3. The Morgan fingerprint density at radius 1 is 1.10 bits per heavy atom. The monoisotopic (exact) mass is 420 g/mol.